The number of ether oxygens (including phenoxy) is 1. The molecule has 2 heterocycles. The normalized spacial score (nSPS) is 18.1. The molecule has 1 amide bonds. The van der Waals surface area contributed by atoms with Crippen molar-refractivity contribution in [1.29, 1.82) is 0 Å². The molecule has 1 fully saturated rings. The molecule has 1 saturated heterocycles. The molecule has 1 atom stereocenters. The van der Waals surface area contributed by atoms with Gasteiger partial charge in [0.1, 0.15) is 11.5 Å². The number of aliphatic hydroxyl groups is 1. The molecule has 3 aromatic rings. The molecule has 0 spiro atoms. The van der Waals surface area contributed by atoms with Gasteiger partial charge in [0.05, 0.1) is 17.7 Å². The molecule has 7 nitrogen and oxygen atoms in total. The highest BCUT2D eigenvalue weighted by Crippen LogP contribution is 2.42. The molecule has 0 radical (unpaired) electrons. The van der Waals surface area contributed by atoms with Gasteiger partial charge in [-0.25, -0.2) is 0 Å². The third-order valence-corrected chi connectivity index (χ3v) is 5.72. The van der Waals surface area contributed by atoms with Gasteiger partial charge in [-0.05, 0) is 46.1 Å². The molecule has 2 aromatic carbocycles. The number of nitrogens with one attached hydrogen (secondary N) is 1. The van der Waals surface area contributed by atoms with Crippen LogP contribution in [0.1, 0.15) is 31.0 Å². The maximum Gasteiger partial charge on any atom is 0.295 e. The highest BCUT2D eigenvalue weighted by Gasteiger charge is 2.46. The van der Waals surface area contributed by atoms with Crippen molar-refractivity contribution < 1.29 is 19.4 Å². The first-order valence-corrected chi connectivity index (χ1v) is 11.0. The lowest BCUT2D eigenvalue weighted by Crippen LogP contribution is -2.35. The molecule has 1 unspecified atom stereocenters. The number of likely N-dealkylation sites (N-methyl/N-ethyl adjacent to an activating group) is 1. The van der Waals surface area contributed by atoms with Gasteiger partial charge in [-0.3, -0.25) is 9.59 Å². The Morgan fingerprint density at radius 3 is 2.64 bits per heavy atom. The molecule has 0 bridgehead atoms. The SMILES string of the molecule is CC(C)Oc1cccc(/C(O)=C2\C(=O)C(=O)N(CCN(C)C)C2c2c[nH]c3ccccc23)c1. The second kappa shape index (κ2) is 9.11. The third kappa shape index (κ3) is 4.36. The van der Waals surface area contributed by atoms with Crippen molar-refractivity contribution in [2.24, 2.45) is 0 Å². The number of ketones is 1. The van der Waals surface area contributed by atoms with Gasteiger partial charge in [-0.2, -0.15) is 0 Å². The first-order valence-electron chi connectivity index (χ1n) is 11.0. The van der Waals surface area contributed by atoms with Crippen LogP contribution < -0.4 is 4.74 Å². The number of likely N-dealkylation sites (tertiary alicyclic amines) is 1. The fourth-order valence-electron chi connectivity index (χ4n) is 4.21. The van der Waals surface area contributed by atoms with Crippen LogP contribution in [0.2, 0.25) is 0 Å². The first kappa shape index (κ1) is 22.6. The van der Waals surface area contributed by atoms with E-state index in [0.717, 1.165) is 16.5 Å². The maximum atomic E-state index is 13.2. The number of amides is 1. The van der Waals surface area contributed by atoms with Crippen molar-refractivity contribution in [1.82, 2.24) is 14.8 Å². The van der Waals surface area contributed by atoms with E-state index in [2.05, 4.69) is 4.98 Å². The summed E-state index contributed by atoms with van der Waals surface area (Å²) in [5.41, 5.74) is 2.20. The van der Waals surface area contributed by atoms with E-state index >= 15 is 0 Å². The minimum Gasteiger partial charge on any atom is -0.507 e. The summed E-state index contributed by atoms with van der Waals surface area (Å²) in [4.78, 5) is 33.0. The van der Waals surface area contributed by atoms with E-state index in [1.165, 1.54) is 0 Å². The predicted molar refractivity (Wildman–Crippen MR) is 128 cm³/mol. The van der Waals surface area contributed by atoms with Gasteiger partial charge in [0.2, 0.25) is 0 Å². The van der Waals surface area contributed by atoms with Crippen LogP contribution in [-0.4, -0.2) is 64.9 Å². The molecular formula is C26H29N3O4. The highest BCUT2D eigenvalue weighted by atomic mass is 16.5. The number of rotatable bonds is 7. The summed E-state index contributed by atoms with van der Waals surface area (Å²) in [7, 11) is 3.83. The average molecular weight is 448 g/mol. The number of aliphatic hydroxyl groups excluding tert-OH is 1. The highest BCUT2D eigenvalue weighted by molar-refractivity contribution is 6.46. The molecular weight excluding hydrogens is 418 g/mol. The molecule has 172 valence electrons. The molecule has 1 aromatic heterocycles. The Morgan fingerprint density at radius 1 is 1.15 bits per heavy atom. The number of hydrogen-bond donors (Lipinski definition) is 2. The van der Waals surface area contributed by atoms with E-state index in [1.54, 1.807) is 29.2 Å². The number of H-pyrrole nitrogens is 1. The molecule has 1 aliphatic heterocycles. The zero-order valence-electron chi connectivity index (χ0n) is 19.3. The number of benzene rings is 2. The van der Waals surface area contributed by atoms with Gasteiger partial charge < -0.3 is 24.6 Å². The Hall–Kier alpha value is -3.58. The molecule has 0 aliphatic carbocycles. The van der Waals surface area contributed by atoms with Crippen LogP contribution in [0.5, 0.6) is 5.75 Å². The fraction of sp³-hybridized carbons (Fsp3) is 0.308. The first-order chi connectivity index (χ1) is 15.8. The Kier molecular flexibility index (Phi) is 6.24. The third-order valence-electron chi connectivity index (χ3n) is 5.72. The Morgan fingerprint density at radius 2 is 1.91 bits per heavy atom. The smallest absolute Gasteiger partial charge is 0.295 e. The molecule has 0 saturated carbocycles. The van der Waals surface area contributed by atoms with Crippen LogP contribution in [0.3, 0.4) is 0 Å². The fourth-order valence-corrected chi connectivity index (χ4v) is 4.21. The van der Waals surface area contributed by atoms with Crippen molar-refractivity contribution in [2.75, 3.05) is 27.2 Å². The van der Waals surface area contributed by atoms with Crippen LogP contribution in [0.25, 0.3) is 16.7 Å². The summed E-state index contributed by atoms with van der Waals surface area (Å²) in [6, 6.07) is 14.0. The largest absolute Gasteiger partial charge is 0.507 e. The van der Waals surface area contributed by atoms with Gasteiger partial charge in [0, 0.05) is 41.3 Å². The Bertz CT molecular complexity index is 1230. The van der Waals surface area contributed by atoms with E-state index < -0.39 is 17.7 Å². The van der Waals surface area contributed by atoms with Crippen LogP contribution in [0.4, 0.5) is 0 Å². The Balaban J connectivity index is 1.87. The lowest BCUT2D eigenvalue weighted by atomic mass is 9.95. The van der Waals surface area contributed by atoms with E-state index in [4.69, 9.17) is 4.74 Å². The Labute approximate surface area is 193 Å². The van der Waals surface area contributed by atoms with Gasteiger partial charge in [-0.1, -0.05) is 30.3 Å². The van der Waals surface area contributed by atoms with Crippen molar-refractivity contribution in [2.45, 2.75) is 26.0 Å². The number of carbonyl (C=O) groups is 2. The second-order valence-electron chi connectivity index (χ2n) is 8.78. The van der Waals surface area contributed by atoms with E-state index in [9.17, 15) is 14.7 Å². The topological polar surface area (TPSA) is 85.9 Å². The lowest BCUT2D eigenvalue weighted by Gasteiger charge is -2.26. The quantitative estimate of drug-likeness (QED) is 0.326. The average Bonchev–Trinajstić information content (AvgIpc) is 3.30. The molecule has 33 heavy (non-hydrogen) atoms. The van der Waals surface area contributed by atoms with E-state index in [0.29, 0.717) is 24.4 Å². The van der Waals surface area contributed by atoms with E-state index in [1.807, 2.05) is 63.3 Å². The number of carbonyl (C=O) groups excluding carboxylic acids is 2. The number of nitrogens with zero attached hydrogens (tertiary/aromatic N) is 2. The lowest BCUT2D eigenvalue weighted by molar-refractivity contribution is -0.140. The van der Waals surface area contributed by atoms with Gasteiger partial charge in [0.15, 0.2) is 0 Å². The summed E-state index contributed by atoms with van der Waals surface area (Å²) in [6.45, 7) is 4.78. The number of fused-ring (bicyclic) bond motifs is 1. The molecule has 7 heteroatoms. The summed E-state index contributed by atoms with van der Waals surface area (Å²) in [5, 5.41) is 12.2. The van der Waals surface area contributed by atoms with Gasteiger partial charge >= 0.3 is 0 Å². The van der Waals surface area contributed by atoms with Gasteiger partial charge in [-0.15, -0.1) is 0 Å². The van der Waals surface area contributed by atoms with Crippen molar-refractivity contribution >= 4 is 28.4 Å². The standard InChI is InChI=1S/C26H29N3O4/c1-16(2)33-18-9-7-8-17(14-18)24(30)22-23(20-15-27-21-11-6-5-10-19(20)21)29(13-12-28(3)4)26(32)25(22)31/h5-11,14-16,23,27,30H,12-13H2,1-4H3/b24-22+. The van der Waals surface area contributed by atoms with Gasteiger partial charge in [0.25, 0.3) is 11.7 Å². The minimum absolute atomic E-state index is 0.0368. The minimum atomic E-state index is -0.698. The zero-order chi connectivity index (χ0) is 23.7. The molecule has 4 rings (SSSR count). The predicted octanol–water partition coefficient (Wildman–Crippen LogP) is 3.94. The van der Waals surface area contributed by atoms with Crippen LogP contribution in [-0.2, 0) is 9.59 Å². The van der Waals surface area contributed by atoms with E-state index in [-0.39, 0.29) is 17.4 Å². The molecule has 1 aliphatic rings. The van der Waals surface area contributed by atoms with Crippen molar-refractivity contribution in [3.63, 3.8) is 0 Å². The number of hydrogen-bond acceptors (Lipinski definition) is 5. The number of aromatic amines is 1. The zero-order valence-corrected chi connectivity index (χ0v) is 19.3. The summed E-state index contributed by atoms with van der Waals surface area (Å²) >= 11 is 0. The van der Waals surface area contributed by atoms with Crippen LogP contribution in [0, 0.1) is 0 Å². The number of Topliss-reactive ketones (excluding diaryl/α,β-unsaturated/α-hetero) is 1. The summed E-state index contributed by atoms with van der Waals surface area (Å²) in [5.74, 6) is -0.912. The number of para-hydroxylation sites is 1. The second-order valence-corrected chi connectivity index (χ2v) is 8.78. The molecule has 2 N–H and O–H groups in total. The van der Waals surface area contributed by atoms with Crippen LogP contribution >= 0.6 is 0 Å². The van der Waals surface area contributed by atoms with Crippen molar-refractivity contribution in [3.8, 4) is 5.75 Å². The van der Waals surface area contributed by atoms with Crippen LogP contribution in [0.15, 0.2) is 60.3 Å². The summed E-state index contributed by atoms with van der Waals surface area (Å²) in [6.07, 6.45) is 1.78. The van der Waals surface area contributed by atoms with Crippen molar-refractivity contribution in [3.05, 3.63) is 71.4 Å². The maximum absolute atomic E-state index is 13.2. The number of aromatic nitrogens is 1. The monoisotopic (exact) mass is 447 g/mol. The summed E-state index contributed by atoms with van der Waals surface area (Å²) < 4.78 is 5.75.